The van der Waals surface area contributed by atoms with Crippen LogP contribution in [-0.2, 0) is 11.3 Å². The standard InChI is InChI=1S/C25H24BrN5O2S/c1-33-22-10-6-5-9-21(22)27-17-23-29-30-25(31(23)20-7-3-2-4-8-20)34-16-15-24(32)28-19-13-11-18(26)12-14-19/h2-14,27H,15-17H2,1H3,(H,28,32). The summed E-state index contributed by atoms with van der Waals surface area (Å²) in [5, 5.41) is 15.9. The second kappa shape index (κ2) is 11.7. The number of hydrogen-bond acceptors (Lipinski definition) is 6. The molecule has 4 aromatic rings. The molecule has 0 bridgehead atoms. The second-order valence-corrected chi connectivity index (χ2v) is 9.25. The molecule has 0 saturated carbocycles. The van der Waals surface area contributed by atoms with E-state index in [2.05, 4.69) is 36.8 Å². The number of benzene rings is 3. The number of carbonyl (C=O) groups is 1. The molecule has 3 aromatic carbocycles. The third kappa shape index (κ3) is 6.18. The highest BCUT2D eigenvalue weighted by Crippen LogP contribution is 2.26. The van der Waals surface area contributed by atoms with Crippen molar-refractivity contribution >= 4 is 45.0 Å². The smallest absolute Gasteiger partial charge is 0.225 e. The Morgan fingerprint density at radius 2 is 1.74 bits per heavy atom. The van der Waals surface area contributed by atoms with Crippen LogP contribution in [0.2, 0.25) is 0 Å². The first-order valence-electron chi connectivity index (χ1n) is 10.7. The molecule has 0 fully saturated rings. The van der Waals surface area contributed by atoms with E-state index in [9.17, 15) is 4.79 Å². The topological polar surface area (TPSA) is 81.1 Å². The second-order valence-electron chi connectivity index (χ2n) is 7.28. The zero-order chi connectivity index (χ0) is 23.8. The number of anilines is 2. The van der Waals surface area contributed by atoms with Crippen LogP contribution in [-0.4, -0.2) is 33.5 Å². The number of ether oxygens (including phenoxy) is 1. The SMILES string of the molecule is COc1ccccc1NCc1nnc(SCCC(=O)Nc2ccc(Br)cc2)n1-c1ccccc1. The summed E-state index contributed by atoms with van der Waals surface area (Å²) in [7, 11) is 1.65. The molecule has 0 aliphatic heterocycles. The van der Waals surface area contributed by atoms with E-state index in [1.54, 1.807) is 7.11 Å². The molecule has 4 rings (SSSR count). The van der Waals surface area contributed by atoms with Crippen LogP contribution in [0.1, 0.15) is 12.2 Å². The van der Waals surface area contributed by atoms with E-state index in [0.29, 0.717) is 18.7 Å². The Morgan fingerprint density at radius 3 is 2.50 bits per heavy atom. The van der Waals surface area contributed by atoms with E-state index in [-0.39, 0.29) is 5.91 Å². The maximum absolute atomic E-state index is 12.4. The largest absolute Gasteiger partial charge is 0.495 e. The van der Waals surface area contributed by atoms with Gasteiger partial charge in [-0.2, -0.15) is 0 Å². The monoisotopic (exact) mass is 537 g/mol. The average molecular weight is 538 g/mol. The maximum Gasteiger partial charge on any atom is 0.225 e. The lowest BCUT2D eigenvalue weighted by Gasteiger charge is -2.13. The van der Waals surface area contributed by atoms with Crippen molar-refractivity contribution in [3.05, 3.63) is 89.2 Å². The molecular formula is C25H24BrN5O2S. The molecule has 0 unspecified atom stereocenters. The Hall–Kier alpha value is -3.30. The molecular weight excluding hydrogens is 514 g/mol. The predicted octanol–water partition coefficient (Wildman–Crippen LogP) is 5.77. The van der Waals surface area contributed by atoms with Crippen LogP contribution in [0.25, 0.3) is 5.69 Å². The molecule has 0 atom stereocenters. The van der Waals surface area contributed by atoms with Crippen molar-refractivity contribution in [3.63, 3.8) is 0 Å². The van der Waals surface area contributed by atoms with Gasteiger partial charge in [-0.3, -0.25) is 9.36 Å². The number of halogens is 1. The van der Waals surface area contributed by atoms with Gasteiger partial charge in [-0.15, -0.1) is 10.2 Å². The van der Waals surface area contributed by atoms with Crippen molar-refractivity contribution in [1.82, 2.24) is 14.8 Å². The minimum atomic E-state index is -0.0429. The normalized spacial score (nSPS) is 10.6. The van der Waals surface area contributed by atoms with Crippen molar-refractivity contribution in [2.75, 3.05) is 23.5 Å². The molecule has 0 aliphatic rings. The summed E-state index contributed by atoms with van der Waals surface area (Å²) < 4.78 is 8.41. The zero-order valence-electron chi connectivity index (χ0n) is 18.6. The number of rotatable bonds is 10. The van der Waals surface area contributed by atoms with Gasteiger partial charge in [0, 0.05) is 28.0 Å². The van der Waals surface area contributed by atoms with Crippen LogP contribution in [0.15, 0.2) is 88.5 Å². The first-order chi connectivity index (χ1) is 16.6. The van der Waals surface area contributed by atoms with Crippen LogP contribution in [0, 0.1) is 0 Å². The Bertz CT molecular complexity index is 1230. The molecule has 9 heteroatoms. The van der Waals surface area contributed by atoms with Crippen LogP contribution < -0.4 is 15.4 Å². The summed E-state index contributed by atoms with van der Waals surface area (Å²) >= 11 is 4.90. The molecule has 34 heavy (non-hydrogen) atoms. The lowest BCUT2D eigenvalue weighted by Crippen LogP contribution is -2.12. The summed E-state index contributed by atoms with van der Waals surface area (Å²) in [6.45, 7) is 0.465. The minimum Gasteiger partial charge on any atom is -0.495 e. The van der Waals surface area contributed by atoms with E-state index in [1.807, 2.05) is 83.4 Å². The molecule has 7 nitrogen and oxygen atoms in total. The van der Waals surface area contributed by atoms with Crippen molar-refractivity contribution in [2.45, 2.75) is 18.1 Å². The number of nitrogens with zero attached hydrogens (tertiary/aromatic N) is 3. The van der Waals surface area contributed by atoms with Gasteiger partial charge in [-0.25, -0.2) is 0 Å². The highest BCUT2D eigenvalue weighted by atomic mass is 79.9. The zero-order valence-corrected chi connectivity index (χ0v) is 21.0. The Kier molecular flexibility index (Phi) is 8.21. The van der Waals surface area contributed by atoms with Crippen LogP contribution in [0.3, 0.4) is 0 Å². The lowest BCUT2D eigenvalue weighted by molar-refractivity contribution is -0.115. The van der Waals surface area contributed by atoms with Gasteiger partial charge < -0.3 is 15.4 Å². The van der Waals surface area contributed by atoms with Gasteiger partial charge in [-0.1, -0.05) is 58.0 Å². The molecule has 0 aliphatic carbocycles. The van der Waals surface area contributed by atoms with E-state index < -0.39 is 0 Å². The van der Waals surface area contributed by atoms with Gasteiger partial charge in [0.15, 0.2) is 11.0 Å². The fraction of sp³-hybridized carbons (Fsp3) is 0.160. The summed E-state index contributed by atoms with van der Waals surface area (Å²) in [5.41, 5.74) is 2.62. The first-order valence-corrected chi connectivity index (χ1v) is 12.5. The Morgan fingerprint density at radius 1 is 1.00 bits per heavy atom. The van der Waals surface area contributed by atoms with Crippen LogP contribution in [0.4, 0.5) is 11.4 Å². The number of thioether (sulfide) groups is 1. The van der Waals surface area contributed by atoms with E-state index in [1.165, 1.54) is 11.8 Å². The lowest BCUT2D eigenvalue weighted by atomic mass is 10.3. The third-order valence-electron chi connectivity index (χ3n) is 4.95. The van der Waals surface area contributed by atoms with Crippen molar-refractivity contribution in [3.8, 4) is 11.4 Å². The predicted molar refractivity (Wildman–Crippen MR) is 140 cm³/mol. The molecule has 0 spiro atoms. The van der Waals surface area contributed by atoms with Crippen molar-refractivity contribution in [2.24, 2.45) is 0 Å². The Labute approximate surface area is 211 Å². The molecule has 1 amide bonds. The molecule has 174 valence electrons. The van der Waals surface area contributed by atoms with E-state index in [4.69, 9.17) is 4.74 Å². The number of carbonyl (C=O) groups excluding carboxylic acids is 1. The number of methoxy groups -OCH3 is 1. The number of hydrogen-bond donors (Lipinski definition) is 2. The summed E-state index contributed by atoms with van der Waals surface area (Å²) in [6, 6.07) is 25.2. The van der Waals surface area contributed by atoms with Gasteiger partial charge in [0.05, 0.1) is 19.3 Å². The fourth-order valence-electron chi connectivity index (χ4n) is 3.30. The number of amides is 1. The van der Waals surface area contributed by atoms with Gasteiger partial charge in [-0.05, 0) is 48.5 Å². The molecule has 2 N–H and O–H groups in total. The number of para-hydroxylation sites is 3. The summed E-state index contributed by atoms with van der Waals surface area (Å²) in [5.74, 6) is 2.06. The van der Waals surface area contributed by atoms with Gasteiger partial charge in [0.2, 0.25) is 5.91 Å². The number of nitrogens with one attached hydrogen (secondary N) is 2. The number of aromatic nitrogens is 3. The highest BCUT2D eigenvalue weighted by molar-refractivity contribution is 9.10. The third-order valence-corrected chi connectivity index (χ3v) is 6.41. The van der Waals surface area contributed by atoms with Gasteiger partial charge in [0.1, 0.15) is 5.75 Å². The summed E-state index contributed by atoms with van der Waals surface area (Å²) in [6.07, 6.45) is 0.358. The fourth-order valence-corrected chi connectivity index (χ4v) is 4.47. The van der Waals surface area contributed by atoms with Crippen LogP contribution in [0.5, 0.6) is 5.75 Å². The molecule has 1 heterocycles. The van der Waals surface area contributed by atoms with E-state index in [0.717, 1.165) is 38.3 Å². The first kappa shape index (κ1) is 23.8. The summed E-state index contributed by atoms with van der Waals surface area (Å²) in [4.78, 5) is 12.4. The van der Waals surface area contributed by atoms with Crippen molar-refractivity contribution < 1.29 is 9.53 Å². The molecule has 0 saturated heterocycles. The average Bonchev–Trinajstić information content (AvgIpc) is 3.27. The molecule has 1 aromatic heterocycles. The van der Waals surface area contributed by atoms with Gasteiger partial charge in [0.25, 0.3) is 0 Å². The van der Waals surface area contributed by atoms with Crippen molar-refractivity contribution in [1.29, 1.82) is 0 Å². The maximum atomic E-state index is 12.4. The molecule has 0 radical (unpaired) electrons. The quantitative estimate of drug-likeness (QED) is 0.250. The van der Waals surface area contributed by atoms with E-state index >= 15 is 0 Å². The van der Waals surface area contributed by atoms with Crippen LogP contribution >= 0.6 is 27.7 Å². The minimum absolute atomic E-state index is 0.0429. The highest BCUT2D eigenvalue weighted by Gasteiger charge is 2.15. The Balaban J connectivity index is 1.44. The van der Waals surface area contributed by atoms with Gasteiger partial charge >= 0.3 is 0 Å².